The first-order valence-corrected chi connectivity index (χ1v) is 6.07. The number of aromatic amines is 1. The maximum Gasteiger partial charge on any atom is 0.268 e. The third kappa shape index (κ3) is 2.98. The zero-order chi connectivity index (χ0) is 13.9. The molecule has 1 atom stereocenters. The van der Waals surface area contributed by atoms with E-state index in [-0.39, 0.29) is 18.2 Å². The summed E-state index contributed by atoms with van der Waals surface area (Å²) in [6, 6.07) is 0. The van der Waals surface area contributed by atoms with Gasteiger partial charge in [0.15, 0.2) is 5.78 Å². The molecule has 100 valence electrons. The minimum Gasteiger partial charge on any atom is -0.392 e. The Balaban J connectivity index is 3.06. The van der Waals surface area contributed by atoms with Crippen molar-refractivity contribution in [1.82, 2.24) is 10.3 Å². The van der Waals surface area contributed by atoms with E-state index in [2.05, 4.69) is 10.3 Å². The average Bonchev–Trinajstić information content (AvgIpc) is 2.62. The Hall–Kier alpha value is -1.62. The van der Waals surface area contributed by atoms with Gasteiger partial charge in [0, 0.05) is 17.8 Å². The van der Waals surface area contributed by atoms with Gasteiger partial charge in [-0.2, -0.15) is 0 Å². The molecule has 0 saturated carbocycles. The van der Waals surface area contributed by atoms with Crippen LogP contribution in [0.3, 0.4) is 0 Å². The highest BCUT2D eigenvalue weighted by Crippen LogP contribution is 2.20. The first kappa shape index (κ1) is 14.4. The molecular weight excluding hydrogens is 232 g/mol. The monoisotopic (exact) mass is 252 g/mol. The molecule has 0 bridgehead atoms. The minimum atomic E-state index is -0.595. The maximum absolute atomic E-state index is 12.0. The molecule has 0 aliphatic rings. The van der Waals surface area contributed by atoms with Gasteiger partial charge in [0.05, 0.1) is 6.10 Å². The van der Waals surface area contributed by atoms with Crippen molar-refractivity contribution in [2.75, 3.05) is 6.54 Å². The molecule has 0 aliphatic heterocycles. The Labute approximate surface area is 107 Å². The number of aryl methyl sites for hydroxylation is 1. The number of aliphatic hydroxyl groups is 1. The van der Waals surface area contributed by atoms with Crippen molar-refractivity contribution >= 4 is 11.7 Å². The summed E-state index contributed by atoms with van der Waals surface area (Å²) >= 11 is 0. The van der Waals surface area contributed by atoms with E-state index in [0.717, 1.165) is 5.56 Å². The van der Waals surface area contributed by atoms with Crippen LogP contribution in [0.15, 0.2) is 0 Å². The average molecular weight is 252 g/mol. The second-order valence-electron chi connectivity index (χ2n) is 4.45. The van der Waals surface area contributed by atoms with E-state index < -0.39 is 6.10 Å². The van der Waals surface area contributed by atoms with Crippen LogP contribution < -0.4 is 5.32 Å². The molecule has 0 saturated heterocycles. The smallest absolute Gasteiger partial charge is 0.268 e. The first-order chi connectivity index (χ1) is 8.38. The Kier molecular flexibility index (Phi) is 4.67. The first-order valence-electron chi connectivity index (χ1n) is 6.07. The number of aromatic nitrogens is 1. The molecule has 1 amide bonds. The molecule has 1 heterocycles. The van der Waals surface area contributed by atoms with Crippen molar-refractivity contribution in [3.05, 3.63) is 22.5 Å². The molecule has 3 N–H and O–H groups in total. The maximum atomic E-state index is 12.0. The van der Waals surface area contributed by atoms with Crippen LogP contribution in [0.2, 0.25) is 0 Å². The molecule has 18 heavy (non-hydrogen) atoms. The van der Waals surface area contributed by atoms with Crippen LogP contribution in [0.4, 0.5) is 0 Å². The number of carbonyl (C=O) groups is 2. The van der Waals surface area contributed by atoms with Gasteiger partial charge >= 0.3 is 0 Å². The largest absolute Gasteiger partial charge is 0.392 e. The van der Waals surface area contributed by atoms with E-state index >= 15 is 0 Å². The third-order valence-electron chi connectivity index (χ3n) is 2.78. The van der Waals surface area contributed by atoms with Gasteiger partial charge in [0.1, 0.15) is 5.69 Å². The van der Waals surface area contributed by atoms with Crippen molar-refractivity contribution in [1.29, 1.82) is 0 Å². The molecule has 0 radical (unpaired) electrons. The van der Waals surface area contributed by atoms with Gasteiger partial charge in [-0.15, -0.1) is 0 Å². The predicted molar refractivity (Wildman–Crippen MR) is 68.9 cm³/mol. The van der Waals surface area contributed by atoms with Gasteiger partial charge in [-0.25, -0.2) is 0 Å². The van der Waals surface area contributed by atoms with E-state index in [9.17, 15) is 9.59 Å². The fraction of sp³-hybridized carbons (Fsp3) is 0.538. The van der Waals surface area contributed by atoms with Crippen LogP contribution in [0, 0.1) is 6.92 Å². The van der Waals surface area contributed by atoms with Crippen LogP contribution in [0.5, 0.6) is 0 Å². The Morgan fingerprint density at radius 2 is 2.06 bits per heavy atom. The summed E-state index contributed by atoms with van der Waals surface area (Å²) in [7, 11) is 0. The van der Waals surface area contributed by atoms with Crippen LogP contribution in [0.1, 0.15) is 52.9 Å². The molecule has 5 nitrogen and oxygen atoms in total. The van der Waals surface area contributed by atoms with E-state index in [4.69, 9.17) is 5.11 Å². The van der Waals surface area contributed by atoms with Crippen molar-refractivity contribution in [3.63, 3.8) is 0 Å². The lowest BCUT2D eigenvalue weighted by Crippen LogP contribution is -2.31. The second-order valence-corrected chi connectivity index (χ2v) is 4.45. The zero-order valence-corrected chi connectivity index (χ0v) is 11.3. The topological polar surface area (TPSA) is 82.2 Å². The molecule has 0 aromatic carbocycles. The van der Waals surface area contributed by atoms with Crippen LogP contribution in [0.25, 0.3) is 0 Å². The highest BCUT2D eigenvalue weighted by Gasteiger charge is 2.21. The van der Waals surface area contributed by atoms with Crippen LogP contribution in [-0.2, 0) is 6.42 Å². The van der Waals surface area contributed by atoms with Gasteiger partial charge in [-0.1, -0.05) is 6.92 Å². The Morgan fingerprint density at radius 1 is 1.44 bits per heavy atom. The molecular formula is C13H20N2O3. The number of rotatable bonds is 5. The molecule has 5 heteroatoms. The molecule has 0 spiro atoms. The van der Waals surface area contributed by atoms with Gasteiger partial charge in [0.25, 0.3) is 5.91 Å². The van der Waals surface area contributed by atoms with Crippen LogP contribution >= 0.6 is 0 Å². The number of Topliss-reactive ketones (excluding diaryl/α,β-unsaturated/α-hetero) is 1. The molecule has 1 aromatic heterocycles. The number of nitrogens with one attached hydrogen (secondary N) is 2. The van der Waals surface area contributed by atoms with E-state index in [0.29, 0.717) is 23.4 Å². The normalized spacial score (nSPS) is 12.3. The second kappa shape index (κ2) is 5.82. The lowest BCUT2D eigenvalue weighted by Gasteiger charge is -2.07. The Morgan fingerprint density at radius 3 is 2.50 bits per heavy atom. The zero-order valence-electron chi connectivity index (χ0n) is 11.3. The molecule has 0 fully saturated rings. The summed E-state index contributed by atoms with van der Waals surface area (Å²) in [6.45, 7) is 6.96. The highest BCUT2D eigenvalue weighted by molar-refractivity contribution is 6.02. The lowest BCUT2D eigenvalue weighted by atomic mass is 10.0. The number of hydrogen-bond acceptors (Lipinski definition) is 3. The van der Waals surface area contributed by atoms with E-state index in [1.165, 1.54) is 6.92 Å². The number of amides is 1. The molecule has 1 rings (SSSR count). The van der Waals surface area contributed by atoms with Crippen molar-refractivity contribution in [3.8, 4) is 0 Å². The predicted octanol–water partition coefficient (Wildman–Crippen LogP) is 1.20. The number of ketones is 1. The van der Waals surface area contributed by atoms with Gasteiger partial charge < -0.3 is 15.4 Å². The summed E-state index contributed by atoms with van der Waals surface area (Å²) in [4.78, 5) is 26.5. The quantitative estimate of drug-likeness (QED) is 0.689. The number of hydrogen-bond donors (Lipinski definition) is 3. The fourth-order valence-corrected chi connectivity index (χ4v) is 2.03. The summed E-state index contributed by atoms with van der Waals surface area (Å²) in [5.41, 5.74) is 2.46. The van der Waals surface area contributed by atoms with Crippen LogP contribution in [-0.4, -0.2) is 34.4 Å². The number of H-pyrrole nitrogens is 1. The molecule has 0 aliphatic carbocycles. The summed E-state index contributed by atoms with van der Waals surface area (Å²) in [6.07, 6.45) is 0.0128. The van der Waals surface area contributed by atoms with Crippen molar-refractivity contribution < 1.29 is 14.7 Å². The fourth-order valence-electron chi connectivity index (χ4n) is 2.03. The van der Waals surface area contributed by atoms with Gasteiger partial charge in [0.2, 0.25) is 0 Å². The molecule has 0 unspecified atom stereocenters. The summed E-state index contributed by atoms with van der Waals surface area (Å²) in [5, 5.41) is 11.8. The number of aliphatic hydroxyl groups excluding tert-OH is 1. The summed E-state index contributed by atoms with van der Waals surface area (Å²) < 4.78 is 0. The third-order valence-corrected chi connectivity index (χ3v) is 2.78. The van der Waals surface area contributed by atoms with E-state index in [1.54, 1.807) is 13.8 Å². The SMILES string of the molecule is CCc1c(C(=O)NC[C@H](C)O)[nH]c(C)c1C(C)=O. The van der Waals surface area contributed by atoms with Gasteiger partial charge in [-0.3, -0.25) is 9.59 Å². The summed E-state index contributed by atoms with van der Waals surface area (Å²) in [5.74, 6) is -0.335. The molecule has 1 aromatic rings. The van der Waals surface area contributed by atoms with Crippen molar-refractivity contribution in [2.24, 2.45) is 0 Å². The highest BCUT2D eigenvalue weighted by atomic mass is 16.3. The van der Waals surface area contributed by atoms with E-state index in [1.807, 2.05) is 6.92 Å². The standard InChI is InChI=1S/C13H20N2O3/c1-5-10-11(9(4)17)8(3)15-12(10)13(18)14-6-7(2)16/h7,15-16H,5-6H2,1-4H3,(H,14,18)/t7-/m0/s1. The number of carbonyl (C=O) groups excluding carboxylic acids is 2. The van der Waals surface area contributed by atoms with Gasteiger partial charge in [-0.05, 0) is 32.8 Å². The Bertz CT molecular complexity index is 461. The lowest BCUT2D eigenvalue weighted by molar-refractivity contribution is 0.0918. The van der Waals surface area contributed by atoms with Crippen molar-refractivity contribution in [2.45, 2.75) is 40.2 Å². The minimum absolute atomic E-state index is 0.0461.